The Morgan fingerprint density at radius 2 is 1.93 bits per heavy atom. The molecule has 0 atom stereocenters. The molecular formula is C8H17NO5. The first kappa shape index (κ1) is 13.2. The number of nitrogens with two attached hydrogens (primary N) is 1. The van der Waals surface area contributed by atoms with E-state index in [-0.39, 0.29) is 0 Å². The highest BCUT2D eigenvalue weighted by molar-refractivity contribution is 5.58. The lowest BCUT2D eigenvalue weighted by Gasteiger charge is -2.01. The van der Waals surface area contributed by atoms with Crippen molar-refractivity contribution in [2.75, 3.05) is 6.61 Å². The zero-order valence-corrected chi connectivity index (χ0v) is 8.36. The highest BCUT2D eigenvalue weighted by atomic mass is 17.5. The van der Waals surface area contributed by atoms with Gasteiger partial charge in [0.15, 0.2) is 0 Å². The van der Waals surface area contributed by atoms with Gasteiger partial charge in [-0.05, 0) is 11.5 Å². The van der Waals surface area contributed by atoms with E-state index in [1.807, 2.05) is 0 Å². The molecule has 0 saturated carbocycles. The van der Waals surface area contributed by atoms with Gasteiger partial charge in [0.05, 0.1) is 6.61 Å². The molecule has 0 spiro atoms. The molecule has 6 heteroatoms. The molecule has 0 heterocycles. The zero-order valence-electron chi connectivity index (χ0n) is 8.36. The smallest absolute Gasteiger partial charge is 0.339 e. The lowest BCUT2D eigenvalue weighted by molar-refractivity contribution is -0.486. The molecule has 2 N–H and O–H groups in total. The Hall–Kier alpha value is -0.850. The standard InChI is InChI=1S/C8H17NO5/c1-2-3-4-5-6-7-11-14-13-8(10)12-9/h2-7,9H2,1H3. The molecule has 0 fully saturated rings. The number of carbonyl (C=O) groups excluding carboxylic acids is 1. The maximum Gasteiger partial charge on any atom is 0.562 e. The van der Waals surface area contributed by atoms with Crippen molar-refractivity contribution in [3.8, 4) is 0 Å². The Kier molecular flexibility index (Phi) is 9.61. The largest absolute Gasteiger partial charge is 0.562 e. The summed E-state index contributed by atoms with van der Waals surface area (Å²) in [5.74, 6) is 4.46. The molecule has 14 heavy (non-hydrogen) atoms. The van der Waals surface area contributed by atoms with Crippen LogP contribution in [0.25, 0.3) is 0 Å². The van der Waals surface area contributed by atoms with Gasteiger partial charge in [0.1, 0.15) is 0 Å². The molecule has 0 aliphatic heterocycles. The SMILES string of the molecule is CCCCCCCOOOC(=O)ON. The first-order chi connectivity index (χ1) is 6.81. The van der Waals surface area contributed by atoms with E-state index >= 15 is 0 Å². The van der Waals surface area contributed by atoms with Gasteiger partial charge in [-0.3, -0.25) is 0 Å². The van der Waals surface area contributed by atoms with Gasteiger partial charge < -0.3 is 4.84 Å². The van der Waals surface area contributed by atoms with Crippen LogP contribution in [0.1, 0.15) is 39.0 Å². The van der Waals surface area contributed by atoms with E-state index in [1.165, 1.54) is 19.3 Å². The van der Waals surface area contributed by atoms with Crippen LogP contribution in [0.5, 0.6) is 0 Å². The maximum atomic E-state index is 10.2. The maximum absolute atomic E-state index is 10.2. The van der Waals surface area contributed by atoms with E-state index in [1.54, 1.807) is 0 Å². The Balaban J connectivity index is 2.95. The highest BCUT2D eigenvalue weighted by Gasteiger charge is 2.02. The summed E-state index contributed by atoms with van der Waals surface area (Å²) in [4.78, 5) is 22.3. The normalized spacial score (nSPS) is 9.86. The summed E-state index contributed by atoms with van der Waals surface area (Å²) in [6.07, 6.45) is 4.38. The minimum Gasteiger partial charge on any atom is -0.339 e. The molecule has 0 unspecified atom stereocenters. The number of hydrogen-bond donors (Lipinski definition) is 1. The van der Waals surface area contributed by atoms with Crippen molar-refractivity contribution in [2.45, 2.75) is 39.0 Å². The highest BCUT2D eigenvalue weighted by Crippen LogP contribution is 2.02. The van der Waals surface area contributed by atoms with Crippen LogP contribution in [0.2, 0.25) is 0 Å². The summed E-state index contributed by atoms with van der Waals surface area (Å²) >= 11 is 0. The van der Waals surface area contributed by atoms with Gasteiger partial charge in [-0.25, -0.2) is 4.89 Å². The number of unbranched alkanes of at least 4 members (excludes halogenated alkanes) is 4. The first-order valence-corrected chi connectivity index (χ1v) is 4.68. The monoisotopic (exact) mass is 207 g/mol. The van der Waals surface area contributed by atoms with E-state index in [0.717, 1.165) is 12.8 Å². The van der Waals surface area contributed by atoms with Crippen molar-refractivity contribution >= 4 is 6.16 Å². The Morgan fingerprint density at radius 3 is 2.57 bits per heavy atom. The molecule has 0 amide bonds. The minimum atomic E-state index is -1.14. The van der Waals surface area contributed by atoms with Crippen molar-refractivity contribution < 1.29 is 24.4 Å². The van der Waals surface area contributed by atoms with Gasteiger partial charge in [-0.15, -0.1) is 0 Å². The third-order valence-corrected chi connectivity index (χ3v) is 1.58. The minimum absolute atomic E-state index is 0.377. The number of carbonyl (C=O) groups is 1. The van der Waals surface area contributed by atoms with Crippen molar-refractivity contribution in [1.82, 2.24) is 0 Å². The molecule has 0 rings (SSSR count). The van der Waals surface area contributed by atoms with Crippen LogP contribution in [0.3, 0.4) is 0 Å². The predicted molar refractivity (Wildman–Crippen MR) is 47.5 cm³/mol. The van der Waals surface area contributed by atoms with Gasteiger partial charge in [0.2, 0.25) is 0 Å². The third-order valence-electron chi connectivity index (χ3n) is 1.58. The molecule has 0 radical (unpaired) electrons. The molecule has 84 valence electrons. The van der Waals surface area contributed by atoms with E-state index in [9.17, 15) is 4.79 Å². The molecule has 0 aliphatic rings. The fraction of sp³-hybridized carbons (Fsp3) is 0.875. The van der Waals surface area contributed by atoms with Crippen molar-refractivity contribution in [3.63, 3.8) is 0 Å². The van der Waals surface area contributed by atoms with Crippen molar-refractivity contribution in [2.24, 2.45) is 5.90 Å². The van der Waals surface area contributed by atoms with Crippen LogP contribution in [0.4, 0.5) is 4.79 Å². The lowest BCUT2D eigenvalue weighted by atomic mass is 10.2. The summed E-state index contributed by atoms with van der Waals surface area (Å²) in [6.45, 7) is 2.52. The number of hydrogen-bond acceptors (Lipinski definition) is 6. The van der Waals surface area contributed by atoms with Gasteiger partial charge in [-0.2, -0.15) is 15.6 Å². The second kappa shape index (κ2) is 10.2. The summed E-state index contributed by atoms with van der Waals surface area (Å²) in [5.41, 5.74) is 0. The molecule has 0 aromatic rings. The quantitative estimate of drug-likeness (QED) is 0.371. The van der Waals surface area contributed by atoms with Crippen LogP contribution < -0.4 is 5.90 Å². The van der Waals surface area contributed by atoms with Gasteiger partial charge in [-0.1, -0.05) is 32.6 Å². The summed E-state index contributed by atoms with van der Waals surface area (Å²) in [7, 11) is 0. The van der Waals surface area contributed by atoms with E-state index in [0.29, 0.717) is 6.61 Å². The molecular weight excluding hydrogens is 190 g/mol. The van der Waals surface area contributed by atoms with Crippen LogP contribution in [-0.4, -0.2) is 12.8 Å². The van der Waals surface area contributed by atoms with Gasteiger partial charge in [0, 0.05) is 0 Å². The Labute approximate surface area is 83.1 Å². The fourth-order valence-electron chi connectivity index (χ4n) is 0.870. The predicted octanol–water partition coefficient (Wildman–Crippen LogP) is 1.85. The van der Waals surface area contributed by atoms with Crippen LogP contribution in [0.15, 0.2) is 0 Å². The second-order valence-corrected chi connectivity index (χ2v) is 2.76. The Morgan fingerprint density at radius 1 is 1.21 bits per heavy atom. The molecule has 0 bridgehead atoms. The molecule has 0 aromatic heterocycles. The summed E-state index contributed by atoms with van der Waals surface area (Å²) in [6, 6.07) is 0. The molecule has 0 saturated heterocycles. The summed E-state index contributed by atoms with van der Waals surface area (Å²) in [5, 5.41) is 4.04. The fourth-order valence-corrected chi connectivity index (χ4v) is 0.870. The average molecular weight is 207 g/mol. The van der Waals surface area contributed by atoms with E-state index < -0.39 is 6.16 Å². The van der Waals surface area contributed by atoms with Crippen LogP contribution in [0, 0.1) is 0 Å². The summed E-state index contributed by atoms with van der Waals surface area (Å²) < 4.78 is 0. The van der Waals surface area contributed by atoms with Gasteiger partial charge >= 0.3 is 6.16 Å². The Bertz CT molecular complexity index is 142. The van der Waals surface area contributed by atoms with Crippen molar-refractivity contribution in [3.05, 3.63) is 0 Å². The molecule has 0 aliphatic carbocycles. The number of rotatable bonds is 8. The third kappa shape index (κ3) is 9.24. The van der Waals surface area contributed by atoms with E-state index in [2.05, 4.69) is 32.5 Å². The second-order valence-electron chi connectivity index (χ2n) is 2.76. The molecule has 0 aromatic carbocycles. The average Bonchev–Trinajstić information content (AvgIpc) is 2.21. The van der Waals surface area contributed by atoms with Crippen LogP contribution >= 0.6 is 0 Å². The van der Waals surface area contributed by atoms with E-state index in [4.69, 9.17) is 0 Å². The van der Waals surface area contributed by atoms with Gasteiger partial charge in [0.25, 0.3) is 0 Å². The lowest BCUT2D eigenvalue weighted by Crippen LogP contribution is -2.12. The van der Waals surface area contributed by atoms with Crippen molar-refractivity contribution in [1.29, 1.82) is 0 Å². The zero-order chi connectivity index (χ0) is 10.6. The topological polar surface area (TPSA) is 80.0 Å². The molecule has 6 nitrogen and oxygen atoms in total. The first-order valence-electron chi connectivity index (χ1n) is 4.68. The van der Waals surface area contributed by atoms with Crippen LogP contribution in [-0.2, 0) is 19.7 Å².